The molecular weight excluding hydrogens is 326 g/mol. The van der Waals surface area contributed by atoms with Crippen LogP contribution < -0.4 is 9.64 Å². The number of rotatable bonds is 4. The van der Waals surface area contributed by atoms with Gasteiger partial charge in [-0.1, -0.05) is 12.1 Å². The number of fused-ring (bicyclic) bond motifs is 1. The summed E-state index contributed by atoms with van der Waals surface area (Å²) in [6.45, 7) is 1.32. The van der Waals surface area contributed by atoms with Gasteiger partial charge in [0.05, 0.1) is 11.4 Å². The smallest absolute Gasteiger partial charge is 0.331 e. The van der Waals surface area contributed by atoms with Gasteiger partial charge in [-0.2, -0.15) is 0 Å². The summed E-state index contributed by atoms with van der Waals surface area (Å²) in [6.07, 6.45) is 0. The molecule has 24 heavy (non-hydrogen) atoms. The number of amides is 1. The monoisotopic (exact) mass is 341 g/mol. The third-order valence-corrected chi connectivity index (χ3v) is 4.64. The maximum Gasteiger partial charge on any atom is 0.331 e. The van der Waals surface area contributed by atoms with Gasteiger partial charge < -0.3 is 4.74 Å². The first-order chi connectivity index (χ1) is 11.5. The maximum atomic E-state index is 12.2. The van der Waals surface area contributed by atoms with E-state index >= 15 is 0 Å². The molecule has 0 aromatic heterocycles. The van der Waals surface area contributed by atoms with E-state index in [-0.39, 0.29) is 18.2 Å². The van der Waals surface area contributed by atoms with Crippen LogP contribution in [-0.4, -0.2) is 30.0 Å². The van der Waals surface area contributed by atoms with Crippen LogP contribution >= 0.6 is 11.8 Å². The molecule has 0 saturated carbocycles. The first-order valence-corrected chi connectivity index (χ1v) is 8.37. The van der Waals surface area contributed by atoms with Crippen LogP contribution in [0.4, 0.5) is 5.69 Å². The van der Waals surface area contributed by atoms with Gasteiger partial charge in [0.15, 0.2) is 5.78 Å². The normalized spacial score (nSPS) is 13.4. The molecule has 0 atom stereocenters. The lowest BCUT2D eigenvalue weighted by Gasteiger charge is -2.27. The minimum absolute atomic E-state index is 0.0547. The molecule has 0 unspecified atom stereocenters. The van der Waals surface area contributed by atoms with Crippen LogP contribution in [0.25, 0.3) is 0 Å². The largest absolute Gasteiger partial charge is 0.425 e. The number of para-hydroxylation sites is 1. The predicted molar refractivity (Wildman–Crippen MR) is 91.6 cm³/mol. The number of nitrogens with zero attached hydrogens (tertiary/aromatic N) is 1. The van der Waals surface area contributed by atoms with Crippen molar-refractivity contribution in [3.63, 3.8) is 0 Å². The second-order valence-corrected chi connectivity index (χ2v) is 6.31. The number of esters is 1. The summed E-state index contributed by atoms with van der Waals surface area (Å²) in [7, 11) is 0. The highest BCUT2D eigenvalue weighted by Gasteiger charge is 2.26. The molecule has 5 nitrogen and oxygen atoms in total. The Hall–Kier alpha value is -2.60. The minimum Gasteiger partial charge on any atom is -0.425 e. The van der Waals surface area contributed by atoms with E-state index in [9.17, 15) is 14.4 Å². The van der Waals surface area contributed by atoms with Gasteiger partial charge in [0, 0.05) is 10.5 Å². The average molecular weight is 341 g/mol. The number of carbonyl (C=O) groups excluding carboxylic acids is 3. The molecule has 1 aliphatic rings. The van der Waals surface area contributed by atoms with Gasteiger partial charge in [0.1, 0.15) is 12.3 Å². The lowest BCUT2D eigenvalue weighted by atomic mass is 10.1. The minimum atomic E-state index is -0.527. The predicted octanol–water partition coefficient (Wildman–Crippen LogP) is 2.93. The molecule has 0 aliphatic carbocycles. The van der Waals surface area contributed by atoms with Crippen molar-refractivity contribution in [2.75, 3.05) is 17.2 Å². The standard InChI is InChI=1S/C18H15NO4S/c1-12(20)13-6-8-14(9-7-13)23-18(22)10-19-15-4-2-3-5-16(15)24-11-17(19)21/h2-9H,10-11H2,1H3. The van der Waals surface area contributed by atoms with Gasteiger partial charge in [0.25, 0.3) is 0 Å². The molecular formula is C18H15NO4S. The maximum absolute atomic E-state index is 12.2. The number of ether oxygens (including phenoxy) is 1. The second-order valence-electron chi connectivity index (χ2n) is 5.29. The summed E-state index contributed by atoms with van der Waals surface area (Å²) >= 11 is 1.46. The highest BCUT2D eigenvalue weighted by atomic mass is 32.2. The van der Waals surface area contributed by atoms with Crippen molar-refractivity contribution in [3.05, 3.63) is 54.1 Å². The molecule has 2 aromatic rings. The van der Waals surface area contributed by atoms with E-state index in [2.05, 4.69) is 0 Å². The highest BCUT2D eigenvalue weighted by molar-refractivity contribution is 8.00. The van der Waals surface area contributed by atoms with Crippen LogP contribution in [-0.2, 0) is 9.59 Å². The number of benzene rings is 2. The molecule has 2 aromatic carbocycles. The fourth-order valence-corrected chi connectivity index (χ4v) is 3.31. The zero-order chi connectivity index (χ0) is 17.1. The van der Waals surface area contributed by atoms with E-state index in [4.69, 9.17) is 4.74 Å². The molecule has 6 heteroatoms. The summed E-state index contributed by atoms with van der Waals surface area (Å²) in [4.78, 5) is 37.9. The number of carbonyl (C=O) groups is 3. The van der Waals surface area contributed by atoms with Gasteiger partial charge in [-0.3, -0.25) is 14.5 Å². The number of thioether (sulfide) groups is 1. The quantitative estimate of drug-likeness (QED) is 0.486. The van der Waals surface area contributed by atoms with Crippen LogP contribution in [0.15, 0.2) is 53.4 Å². The van der Waals surface area contributed by atoms with Gasteiger partial charge in [-0.05, 0) is 43.3 Å². The summed E-state index contributed by atoms with van der Waals surface area (Å²) in [5.74, 6) is -0.0568. The molecule has 1 heterocycles. The van der Waals surface area contributed by atoms with E-state index in [1.54, 1.807) is 24.3 Å². The summed E-state index contributed by atoms with van der Waals surface area (Å²) in [5.41, 5.74) is 1.27. The number of hydrogen-bond donors (Lipinski definition) is 0. The molecule has 0 fully saturated rings. The number of hydrogen-bond acceptors (Lipinski definition) is 5. The lowest BCUT2D eigenvalue weighted by Crippen LogP contribution is -2.40. The third-order valence-electron chi connectivity index (χ3n) is 3.59. The molecule has 0 radical (unpaired) electrons. The molecule has 0 N–H and O–H groups in total. The molecule has 1 aliphatic heterocycles. The van der Waals surface area contributed by atoms with Gasteiger partial charge in [-0.25, -0.2) is 4.79 Å². The zero-order valence-electron chi connectivity index (χ0n) is 13.0. The summed E-state index contributed by atoms with van der Waals surface area (Å²) < 4.78 is 5.26. The Kier molecular flexibility index (Phi) is 4.66. The van der Waals surface area contributed by atoms with Crippen LogP contribution in [0.3, 0.4) is 0 Å². The second kappa shape index (κ2) is 6.88. The van der Waals surface area contributed by atoms with E-state index in [1.165, 1.54) is 23.6 Å². The van der Waals surface area contributed by atoms with E-state index in [0.29, 0.717) is 17.1 Å². The van der Waals surface area contributed by atoms with Gasteiger partial charge in [0.2, 0.25) is 5.91 Å². The molecule has 0 spiro atoms. The Labute approximate surface area is 143 Å². The van der Waals surface area contributed by atoms with E-state index in [0.717, 1.165) is 10.6 Å². The topological polar surface area (TPSA) is 63.7 Å². The van der Waals surface area contributed by atoms with Crippen molar-refractivity contribution in [1.82, 2.24) is 0 Å². The van der Waals surface area contributed by atoms with E-state index in [1.807, 2.05) is 24.3 Å². The molecule has 1 amide bonds. The van der Waals surface area contributed by atoms with Gasteiger partial charge >= 0.3 is 5.97 Å². The van der Waals surface area contributed by atoms with Crippen LogP contribution in [0, 0.1) is 0 Å². The Morgan fingerprint density at radius 1 is 1.12 bits per heavy atom. The Morgan fingerprint density at radius 2 is 1.83 bits per heavy atom. The van der Waals surface area contributed by atoms with Crippen LogP contribution in [0.5, 0.6) is 5.75 Å². The van der Waals surface area contributed by atoms with E-state index < -0.39 is 5.97 Å². The summed E-state index contributed by atoms with van der Waals surface area (Å²) in [6, 6.07) is 13.8. The van der Waals surface area contributed by atoms with Crippen molar-refractivity contribution >= 4 is 35.1 Å². The molecule has 3 rings (SSSR count). The third kappa shape index (κ3) is 3.49. The summed E-state index contributed by atoms with van der Waals surface area (Å²) in [5, 5.41) is 0. The number of ketones is 1. The molecule has 0 bridgehead atoms. The SMILES string of the molecule is CC(=O)c1ccc(OC(=O)CN2C(=O)CSc3ccccc32)cc1. The highest BCUT2D eigenvalue weighted by Crippen LogP contribution is 2.34. The van der Waals surface area contributed by atoms with Crippen molar-refractivity contribution in [3.8, 4) is 5.75 Å². The average Bonchev–Trinajstić information content (AvgIpc) is 2.58. The van der Waals surface area contributed by atoms with Crippen molar-refractivity contribution in [2.45, 2.75) is 11.8 Å². The van der Waals surface area contributed by atoms with Crippen LogP contribution in [0.1, 0.15) is 17.3 Å². The molecule has 0 saturated heterocycles. The fraction of sp³-hybridized carbons (Fsp3) is 0.167. The Balaban J connectivity index is 1.70. The first-order valence-electron chi connectivity index (χ1n) is 7.38. The van der Waals surface area contributed by atoms with Crippen molar-refractivity contribution in [2.24, 2.45) is 0 Å². The Morgan fingerprint density at radius 3 is 2.54 bits per heavy atom. The Bertz CT molecular complexity index is 801. The van der Waals surface area contributed by atoms with Crippen molar-refractivity contribution in [1.29, 1.82) is 0 Å². The van der Waals surface area contributed by atoms with Crippen molar-refractivity contribution < 1.29 is 19.1 Å². The fourth-order valence-electron chi connectivity index (χ4n) is 2.38. The number of Topliss-reactive ketones (excluding diaryl/α,β-unsaturated/α-hetero) is 1. The zero-order valence-corrected chi connectivity index (χ0v) is 13.8. The number of anilines is 1. The molecule has 122 valence electrons. The first kappa shape index (κ1) is 16.3. The van der Waals surface area contributed by atoms with Crippen LogP contribution in [0.2, 0.25) is 0 Å². The lowest BCUT2D eigenvalue weighted by molar-refractivity contribution is -0.134. The van der Waals surface area contributed by atoms with Gasteiger partial charge in [-0.15, -0.1) is 11.8 Å².